The highest BCUT2D eigenvalue weighted by molar-refractivity contribution is 7.99. The van der Waals surface area contributed by atoms with Crippen LogP contribution in [0.4, 0.5) is 5.69 Å². The van der Waals surface area contributed by atoms with Gasteiger partial charge >= 0.3 is 0 Å². The summed E-state index contributed by atoms with van der Waals surface area (Å²) in [5.74, 6) is -1.19. The monoisotopic (exact) mass is 351 g/mol. The molecule has 25 heavy (non-hydrogen) atoms. The molecule has 0 saturated heterocycles. The van der Waals surface area contributed by atoms with Gasteiger partial charge in [0.25, 0.3) is 11.7 Å². The number of anilines is 1. The fourth-order valence-corrected chi connectivity index (χ4v) is 2.99. The van der Waals surface area contributed by atoms with Crippen LogP contribution in [0.1, 0.15) is 15.9 Å². The number of carbonyl (C=O) groups is 2. The summed E-state index contributed by atoms with van der Waals surface area (Å²) in [5.41, 5.74) is 2.00. The van der Waals surface area contributed by atoms with E-state index in [9.17, 15) is 9.59 Å². The molecule has 1 aromatic heterocycles. The third-order valence-corrected chi connectivity index (χ3v) is 4.70. The molecule has 6 heteroatoms. The molecule has 2 aromatic carbocycles. The summed E-state index contributed by atoms with van der Waals surface area (Å²) in [6.07, 6.45) is 3.63. The number of ketones is 1. The van der Waals surface area contributed by atoms with Gasteiger partial charge in [-0.25, -0.2) is 4.98 Å². The summed E-state index contributed by atoms with van der Waals surface area (Å²) >= 11 is 1.53. The van der Waals surface area contributed by atoms with E-state index in [0.717, 1.165) is 15.6 Å². The lowest BCUT2D eigenvalue weighted by molar-refractivity contribution is -0.112. The van der Waals surface area contributed by atoms with E-state index in [1.807, 2.05) is 49.0 Å². The molecule has 0 radical (unpaired) electrons. The van der Waals surface area contributed by atoms with Crippen molar-refractivity contribution in [1.82, 2.24) is 9.55 Å². The molecule has 0 aliphatic rings. The second-order valence-electron chi connectivity index (χ2n) is 5.60. The number of aryl methyl sites for hydroxylation is 2. The van der Waals surface area contributed by atoms with Crippen LogP contribution in [0.3, 0.4) is 0 Å². The molecule has 0 aliphatic heterocycles. The van der Waals surface area contributed by atoms with Crippen LogP contribution in [0, 0.1) is 6.92 Å². The molecule has 5 nitrogen and oxygen atoms in total. The number of benzene rings is 2. The topological polar surface area (TPSA) is 64.0 Å². The van der Waals surface area contributed by atoms with E-state index in [1.54, 1.807) is 30.5 Å². The molecule has 0 aliphatic carbocycles. The SMILES string of the molecule is Cc1ccc(C(=O)C(=O)Nc2ccc(Sc3nccn3C)cc2)cc1. The van der Waals surface area contributed by atoms with Gasteiger partial charge in [-0.1, -0.05) is 41.6 Å². The first-order chi connectivity index (χ1) is 12.0. The third-order valence-electron chi connectivity index (χ3n) is 3.62. The van der Waals surface area contributed by atoms with Crippen LogP contribution in [-0.4, -0.2) is 21.2 Å². The van der Waals surface area contributed by atoms with Crippen molar-refractivity contribution in [3.05, 3.63) is 72.1 Å². The Balaban J connectivity index is 1.64. The first-order valence-corrected chi connectivity index (χ1v) is 8.52. The van der Waals surface area contributed by atoms with Gasteiger partial charge in [0.2, 0.25) is 0 Å². The summed E-state index contributed by atoms with van der Waals surface area (Å²) in [6, 6.07) is 14.2. The summed E-state index contributed by atoms with van der Waals surface area (Å²) in [5, 5.41) is 3.51. The predicted octanol–water partition coefficient (Wildman–Crippen LogP) is 3.70. The van der Waals surface area contributed by atoms with Crippen molar-refractivity contribution in [2.24, 2.45) is 7.05 Å². The maximum absolute atomic E-state index is 12.1. The highest BCUT2D eigenvalue weighted by Gasteiger charge is 2.16. The van der Waals surface area contributed by atoms with Gasteiger partial charge in [-0.05, 0) is 31.2 Å². The number of aromatic nitrogens is 2. The first kappa shape index (κ1) is 17.0. The molecule has 0 saturated carbocycles. The van der Waals surface area contributed by atoms with Gasteiger partial charge in [0, 0.05) is 35.6 Å². The molecule has 1 N–H and O–H groups in total. The Labute approximate surface area is 150 Å². The Morgan fingerprint density at radius 3 is 2.32 bits per heavy atom. The van der Waals surface area contributed by atoms with E-state index < -0.39 is 11.7 Å². The highest BCUT2D eigenvalue weighted by Crippen LogP contribution is 2.26. The number of Topliss-reactive ketones (excluding diaryl/α,β-unsaturated/α-hetero) is 1. The van der Waals surface area contributed by atoms with Gasteiger partial charge < -0.3 is 9.88 Å². The van der Waals surface area contributed by atoms with Crippen LogP contribution in [0.5, 0.6) is 0 Å². The molecule has 126 valence electrons. The largest absolute Gasteiger partial charge is 0.329 e. The third kappa shape index (κ3) is 4.16. The number of hydrogen-bond donors (Lipinski definition) is 1. The molecule has 0 unspecified atom stereocenters. The van der Waals surface area contributed by atoms with Crippen molar-refractivity contribution in [2.45, 2.75) is 17.0 Å². The molecule has 3 rings (SSSR count). The van der Waals surface area contributed by atoms with Crippen molar-refractivity contribution in [2.75, 3.05) is 5.32 Å². The standard InChI is InChI=1S/C19H17N3O2S/c1-13-3-5-14(6-4-13)17(23)18(24)21-15-7-9-16(10-8-15)25-19-20-11-12-22(19)2/h3-12H,1-2H3,(H,21,24). The number of nitrogens with zero attached hydrogens (tertiary/aromatic N) is 2. The van der Waals surface area contributed by atoms with Crippen LogP contribution in [0.15, 0.2) is 71.0 Å². The number of hydrogen-bond acceptors (Lipinski definition) is 4. The number of amides is 1. The number of carbonyl (C=O) groups excluding carboxylic acids is 2. The zero-order valence-electron chi connectivity index (χ0n) is 13.9. The molecule has 0 fully saturated rings. The van der Waals surface area contributed by atoms with Crippen LogP contribution in [-0.2, 0) is 11.8 Å². The summed E-state index contributed by atoms with van der Waals surface area (Å²) in [4.78, 5) is 29.5. The number of imidazole rings is 1. The van der Waals surface area contributed by atoms with Gasteiger partial charge in [0.15, 0.2) is 5.16 Å². The van der Waals surface area contributed by atoms with Gasteiger partial charge in [-0.15, -0.1) is 0 Å². The lowest BCUT2D eigenvalue weighted by Crippen LogP contribution is -2.22. The summed E-state index contributed by atoms with van der Waals surface area (Å²) < 4.78 is 1.93. The molecule has 1 amide bonds. The van der Waals surface area contributed by atoms with Gasteiger partial charge in [-0.2, -0.15) is 0 Å². The number of rotatable bonds is 5. The first-order valence-electron chi connectivity index (χ1n) is 7.70. The van der Waals surface area contributed by atoms with Crippen LogP contribution < -0.4 is 5.32 Å². The van der Waals surface area contributed by atoms with Crippen LogP contribution >= 0.6 is 11.8 Å². The minimum Gasteiger partial charge on any atom is -0.329 e. The molecular formula is C19H17N3O2S. The fourth-order valence-electron chi connectivity index (χ4n) is 2.19. The van der Waals surface area contributed by atoms with E-state index >= 15 is 0 Å². The van der Waals surface area contributed by atoms with E-state index in [1.165, 1.54) is 11.8 Å². The molecule has 1 heterocycles. The number of nitrogens with one attached hydrogen (secondary N) is 1. The normalized spacial score (nSPS) is 10.5. The van der Waals surface area contributed by atoms with Gasteiger partial charge in [-0.3, -0.25) is 9.59 Å². The Morgan fingerprint density at radius 2 is 1.72 bits per heavy atom. The highest BCUT2D eigenvalue weighted by atomic mass is 32.2. The average molecular weight is 351 g/mol. The summed E-state index contributed by atoms with van der Waals surface area (Å²) in [7, 11) is 1.93. The lowest BCUT2D eigenvalue weighted by Gasteiger charge is -2.06. The Kier molecular flexibility index (Phi) is 5.00. The van der Waals surface area contributed by atoms with E-state index in [2.05, 4.69) is 10.3 Å². The smallest absolute Gasteiger partial charge is 0.296 e. The second kappa shape index (κ2) is 7.36. The van der Waals surface area contributed by atoms with E-state index in [0.29, 0.717) is 11.3 Å². The molecule has 0 bridgehead atoms. The van der Waals surface area contributed by atoms with E-state index in [-0.39, 0.29) is 0 Å². The second-order valence-corrected chi connectivity index (χ2v) is 6.64. The van der Waals surface area contributed by atoms with E-state index in [4.69, 9.17) is 0 Å². The fraction of sp³-hybridized carbons (Fsp3) is 0.105. The van der Waals surface area contributed by atoms with Crippen molar-refractivity contribution < 1.29 is 9.59 Å². The average Bonchev–Trinajstić information content (AvgIpc) is 3.01. The minimum atomic E-state index is -0.645. The van der Waals surface area contributed by atoms with Gasteiger partial charge in [0.05, 0.1) is 0 Å². The quantitative estimate of drug-likeness (QED) is 0.562. The van der Waals surface area contributed by atoms with Crippen LogP contribution in [0.25, 0.3) is 0 Å². The van der Waals surface area contributed by atoms with Crippen molar-refractivity contribution in [1.29, 1.82) is 0 Å². The van der Waals surface area contributed by atoms with Gasteiger partial charge in [0.1, 0.15) is 0 Å². The summed E-state index contributed by atoms with van der Waals surface area (Å²) in [6.45, 7) is 1.93. The molecule has 0 spiro atoms. The molecule has 3 aromatic rings. The van der Waals surface area contributed by atoms with Crippen LogP contribution in [0.2, 0.25) is 0 Å². The maximum atomic E-state index is 12.1. The lowest BCUT2D eigenvalue weighted by atomic mass is 10.1. The maximum Gasteiger partial charge on any atom is 0.296 e. The van der Waals surface area contributed by atoms with Crippen molar-refractivity contribution in [3.63, 3.8) is 0 Å². The Morgan fingerprint density at radius 1 is 1.04 bits per heavy atom. The zero-order chi connectivity index (χ0) is 17.8. The molecular weight excluding hydrogens is 334 g/mol. The zero-order valence-corrected chi connectivity index (χ0v) is 14.7. The van der Waals surface area contributed by atoms with Crippen molar-refractivity contribution in [3.8, 4) is 0 Å². The molecule has 0 atom stereocenters. The van der Waals surface area contributed by atoms with Crippen molar-refractivity contribution >= 4 is 29.1 Å². The Hall–Kier alpha value is -2.86. The predicted molar refractivity (Wildman–Crippen MR) is 97.9 cm³/mol. The minimum absolute atomic E-state index is 0.380. The Bertz CT molecular complexity index is 899.